The van der Waals surface area contributed by atoms with Gasteiger partial charge in [-0.05, 0) is 24.3 Å². The zero-order chi connectivity index (χ0) is 14.3. The van der Waals surface area contributed by atoms with Gasteiger partial charge in [0.15, 0.2) is 0 Å². The lowest BCUT2D eigenvalue weighted by Gasteiger charge is -1.92. The second-order valence-electron chi connectivity index (χ2n) is 3.39. The Morgan fingerprint density at radius 1 is 1.11 bits per heavy atom. The lowest BCUT2D eigenvalue weighted by molar-refractivity contribution is 0.1000. The number of amides is 1. The van der Waals surface area contributed by atoms with Gasteiger partial charge < -0.3 is 5.73 Å². The number of nitrogens with two attached hydrogens (primary N) is 1. The molecule has 0 bridgehead atoms. The highest BCUT2D eigenvalue weighted by Crippen LogP contribution is 2.05. The first-order valence-electron chi connectivity index (χ1n) is 5.13. The average Bonchev–Trinajstić information content (AvgIpc) is 2.40. The molecule has 0 aliphatic carbocycles. The van der Waals surface area contributed by atoms with E-state index in [0.717, 1.165) is 0 Å². The van der Waals surface area contributed by atoms with Crippen molar-refractivity contribution in [2.24, 2.45) is 5.73 Å². The first-order valence-corrected chi connectivity index (χ1v) is 6.57. The summed E-state index contributed by atoms with van der Waals surface area (Å²) >= 11 is 0. The number of hydrogen-bond acceptors (Lipinski definition) is 4. The van der Waals surface area contributed by atoms with Gasteiger partial charge >= 0.3 is 0 Å². The molecule has 6 nitrogen and oxygen atoms in total. The van der Waals surface area contributed by atoms with Crippen molar-refractivity contribution in [1.82, 2.24) is 4.98 Å². The number of rotatable bonds is 2. The molecule has 0 aliphatic heterocycles. The van der Waals surface area contributed by atoms with Crippen LogP contribution in [0.4, 0.5) is 0 Å². The van der Waals surface area contributed by atoms with E-state index in [1.807, 2.05) is 0 Å². The zero-order valence-electron chi connectivity index (χ0n) is 9.80. The van der Waals surface area contributed by atoms with Gasteiger partial charge in [0.25, 0.3) is 10.1 Å². The van der Waals surface area contributed by atoms with Gasteiger partial charge in [0.05, 0.1) is 10.5 Å². The number of pyridine rings is 1. The van der Waals surface area contributed by atoms with Crippen molar-refractivity contribution in [2.45, 2.75) is 4.90 Å². The van der Waals surface area contributed by atoms with Crippen LogP contribution in [0, 0.1) is 0 Å². The lowest BCUT2D eigenvalue weighted by Crippen LogP contribution is -2.10. The Hall–Kier alpha value is -2.25. The van der Waals surface area contributed by atoms with Gasteiger partial charge in [0.2, 0.25) is 5.91 Å². The third-order valence-corrected chi connectivity index (χ3v) is 2.86. The van der Waals surface area contributed by atoms with Crippen LogP contribution in [0.5, 0.6) is 0 Å². The number of primary amides is 1. The van der Waals surface area contributed by atoms with E-state index < -0.39 is 16.0 Å². The fourth-order valence-electron chi connectivity index (χ4n) is 1.10. The molecule has 1 heterocycles. The summed E-state index contributed by atoms with van der Waals surface area (Å²) < 4.78 is 29.2. The minimum Gasteiger partial charge on any atom is -0.366 e. The smallest absolute Gasteiger partial charge is 0.294 e. The standard InChI is InChI=1S/C6H6N2O.C6H6O3S/c7-6(9)5-2-1-3-8-4-5;7-10(8,9)6-4-2-1-3-5-6/h1-4H,(H2,7,9);1-5H,(H,7,8,9). The largest absolute Gasteiger partial charge is 0.366 e. The topological polar surface area (TPSA) is 110 Å². The Balaban J connectivity index is 0.000000191. The third kappa shape index (κ3) is 5.28. The number of nitrogens with zero attached hydrogens (tertiary/aromatic N) is 1. The van der Waals surface area contributed by atoms with Crippen LogP contribution in [0.25, 0.3) is 0 Å². The molecule has 0 saturated heterocycles. The predicted octanol–water partition coefficient (Wildman–Crippen LogP) is 1.11. The van der Waals surface area contributed by atoms with Gasteiger partial charge in [0.1, 0.15) is 0 Å². The van der Waals surface area contributed by atoms with Gasteiger partial charge in [-0.3, -0.25) is 14.3 Å². The predicted molar refractivity (Wildman–Crippen MR) is 69.0 cm³/mol. The van der Waals surface area contributed by atoms with E-state index in [-0.39, 0.29) is 4.90 Å². The summed E-state index contributed by atoms with van der Waals surface area (Å²) in [5, 5.41) is 0. The molecule has 0 fully saturated rings. The van der Waals surface area contributed by atoms with Gasteiger partial charge in [-0.2, -0.15) is 8.42 Å². The molecule has 0 aliphatic rings. The van der Waals surface area contributed by atoms with Crippen molar-refractivity contribution in [3.63, 3.8) is 0 Å². The van der Waals surface area contributed by atoms with E-state index in [2.05, 4.69) is 4.98 Å². The molecule has 0 unspecified atom stereocenters. The van der Waals surface area contributed by atoms with Crippen LogP contribution in [-0.4, -0.2) is 23.9 Å². The quantitative estimate of drug-likeness (QED) is 0.801. The summed E-state index contributed by atoms with van der Waals surface area (Å²) in [6, 6.07) is 10.7. The van der Waals surface area contributed by atoms with Gasteiger partial charge in [-0.15, -0.1) is 0 Å². The highest BCUT2D eigenvalue weighted by Gasteiger charge is 2.05. The summed E-state index contributed by atoms with van der Waals surface area (Å²) in [6.45, 7) is 0. The molecule has 1 aromatic heterocycles. The van der Waals surface area contributed by atoms with Crippen molar-refractivity contribution in [3.05, 3.63) is 60.4 Å². The molecule has 0 spiro atoms. The van der Waals surface area contributed by atoms with Crippen molar-refractivity contribution in [2.75, 3.05) is 0 Å². The van der Waals surface area contributed by atoms with Crippen molar-refractivity contribution >= 4 is 16.0 Å². The Kier molecular flexibility index (Phi) is 5.16. The minimum atomic E-state index is -4.00. The molecule has 3 N–H and O–H groups in total. The van der Waals surface area contributed by atoms with Crippen molar-refractivity contribution in [3.8, 4) is 0 Å². The minimum absolute atomic E-state index is 0.0741. The van der Waals surface area contributed by atoms with Gasteiger partial charge in [0, 0.05) is 12.4 Å². The normalized spacial score (nSPS) is 10.2. The maximum absolute atomic E-state index is 10.4. The highest BCUT2D eigenvalue weighted by molar-refractivity contribution is 7.85. The second-order valence-corrected chi connectivity index (χ2v) is 4.82. The molecule has 7 heteroatoms. The number of hydrogen-bond donors (Lipinski definition) is 2. The lowest BCUT2D eigenvalue weighted by atomic mass is 10.3. The highest BCUT2D eigenvalue weighted by atomic mass is 32.2. The fraction of sp³-hybridized carbons (Fsp3) is 0. The Morgan fingerprint density at radius 3 is 2.05 bits per heavy atom. The van der Waals surface area contributed by atoms with E-state index in [4.69, 9.17) is 10.3 Å². The third-order valence-electron chi connectivity index (χ3n) is 1.99. The van der Waals surface area contributed by atoms with Gasteiger partial charge in [-0.25, -0.2) is 0 Å². The Morgan fingerprint density at radius 2 is 1.74 bits per heavy atom. The molecule has 2 aromatic rings. The summed E-state index contributed by atoms with van der Waals surface area (Å²) in [5.41, 5.74) is 5.38. The molecule has 1 aromatic carbocycles. The average molecular weight is 280 g/mol. The molecule has 19 heavy (non-hydrogen) atoms. The summed E-state index contributed by atoms with van der Waals surface area (Å²) in [4.78, 5) is 14.0. The molecular formula is C12H12N2O4S. The van der Waals surface area contributed by atoms with Crippen LogP contribution in [0.3, 0.4) is 0 Å². The molecule has 0 atom stereocenters. The first kappa shape index (κ1) is 14.8. The van der Waals surface area contributed by atoms with Crippen LogP contribution in [-0.2, 0) is 10.1 Å². The number of benzene rings is 1. The number of carbonyl (C=O) groups is 1. The molecule has 2 rings (SSSR count). The Labute approximate surface area is 110 Å². The SMILES string of the molecule is NC(=O)c1cccnc1.O=S(=O)(O)c1ccccc1. The summed E-state index contributed by atoms with van der Waals surface area (Å²) in [7, 11) is -4.00. The molecular weight excluding hydrogens is 268 g/mol. The maximum atomic E-state index is 10.4. The molecule has 0 radical (unpaired) electrons. The summed E-state index contributed by atoms with van der Waals surface area (Å²) in [6.07, 6.45) is 3.02. The maximum Gasteiger partial charge on any atom is 0.294 e. The van der Waals surface area contributed by atoms with Crippen LogP contribution in [0.1, 0.15) is 10.4 Å². The monoisotopic (exact) mass is 280 g/mol. The van der Waals surface area contributed by atoms with Crippen LogP contribution >= 0.6 is 0 Å². The fourth-order valence-corrected chi connectivity index (χ4v) is 1.60. The van der Waals surface area contributed by atoms with E-state index in [9.17, 15) is 13.2 Å². The van der Waals surface area contributed by atoms with E-state index in [0.29, 0.717) is 5.56 Å². The molecule has 0 saturated carbocycles. The zero-order valence-corrected chi connectivity index (χ0v) is 10.6. The molecule has 1 amide bonds. The van der Waals surface area contributed by atoms with E-state index >= 15 is 0 Å². The van der Waals surface area contributed by atoms with Crippen LogP contribution < -0.4 is 5.73 Å². The molecule has 100 valence electrons. The number of carbonyl (C=O) groups excluding carboxylic acids is 1. The Bertz CT molecular complexity index is 627. The van der Waals surface area contributed by atoms with Gasteiger partial charge in [-0.1, -0.05) is 18.2 Å². The summed E-state index contributed by atoms with van der Waals surface area (Å²) in [5.74, 6) is -0.442. The number of aromatic nitrogens is 1. The first-order chi connectivity index (χ1) is 8.91. The van der Waals surface area contributed by atoms with E-state index in [1.165, 1.54) is 18.3 Å². The van der Waals surface area contributed by atoms with E-state index in [1.54, 1.807) is 36.5 Å². The van der Waals surface area contributed by atoms with Crippen LogP contribution in [0.15, 0.2) is 59.8 Å². The van der Waals surface area contributed by atoms with Crippen LogP contribution in [0.2, 0.25) is 0 Å². The van der Waals surface area contributed by atoms with Crippen molar-refractivity contribution in [1.29, 1.82) is 0 Å². The van der Waals surface area contributed by atoms with Crippen molar-refractivity contribution < 1.29 is 17.8 Å². The second kappa shape index (κ2) is 6.62.